The molecule has 4 rings (SSSR count). The molecule has 7 nitrogen and oxygen atoms in total. The lowest BCUT2D eigenvalue weighted by molar-refractivity contribution is -0.123. The van der Waals surface area contributed by atoms with E-state index in [-0.39, 0.29) is 31.8 Å². The number of piperidine rings is 1. The average Bonchev–Trinajstić information content (AvgIpc) is 2.82. The Kier molecular flexibility index (Phi) is 6.88. The van der Waals surface area contributed by atoms with E-state index in [1.165, 1.54) is 13.0 Å². The van der Waals surface area contributed by atoms with Gasteiger partial charge in [0.1, 0.15) is 29.7 Å². The number of halogens is 2. The number of nitrogens with zero attached hydrogens (tertiary/aromatic N) is 5. The molecule has 1 aromatic carbocycles. The lowest BCUT2D eigenvalue weighted by atomic mass is 9.94. The van der Waals surface area contributed by atoms with Crippen molar-refractivity contribution in [2.75, 3.05) is 36.1 Å². The Bertz CT molecular complexity index is 1070. The Morgan fingerprint density at radius 1 is 1.09 bits per heavy atom. The molecule has 1 fully saturated rings. The van der Waals surface area contributed by atoms with E-state index in [4.69, 9.17) is 9.72 Å². The first kappa shape index (κ1) is 22.7. The van der Waals surface area contributed by atoms with Crippen LogP contribution >= 0.6 is 0 Å². The van der Waals surface area contributed by atoms with Gasteiger partial charge in [-0.1, -0.05) is 18.2 Å². The van der Waals surface area contributed by atoms with Gasteiger partial charge in [-0.3, -0.25) is 14.7 Å². The van der Waals surface area contributed by atoms with Gasteiger partial charge in [0.05, 0.1) is 25.2 Å². The zero-order valence-corrected chi connectivity index (χ0v) is 18.3. The van der Waals surface area contributed by atoms with E-state index in [1.807, 2.05) is 35.2 Å². The number of Topliss-reactive ketones (excluding diaryl/α,β-unsaturated/α-hetero) is 1. The van der Waals surface area contributed by atoms with E-state index < -0.39 is 11.5 Å². The van der Waals surface area contributed by atoms with E-state index >= 15 is 4.39 Å². The van der Waals surface area contributed by atoms with Crippen molar-refractivity contribution in [2.45, 2.75) is 25.4 Å². The Morgan fingerprint density at radius 3 is 2.52 bits per heavy atom. The van der Waals surface area contributed by atoms with E-state index in [1.54, 1.807) is 23.4 Å². The number of hydrogen-bond acceptors (Lipinski definition) is 7. The number of para-hydroxylation sites is 1. The largest absolute Gasteiger partial charge is 0.370 e. The summed E-state index contributed by atoms with van der Waals surface area (Å²) in [7, 11) is 0. The van der Waals surface area contributed by atoms with Crippen LogP contribution in [0.5, 0.6) is 0 Å². The van der Waals surface area contributed by atoms with E-state index in [2.05, 4.69) is 9.97 Å². The van der Waals surface area contributed by atoms with Gasteiger partial charge in [-0.05, 0) is 31.2 Å². The van der Waals surface area contributed by atoms with Crippen LogP contribution in [0.4, 0.5) is 31.9 Å². The molecule has 1 aliphatic rings. The van der Waals surface area contributed by atoms with Crippen LogP contribution in [-0.4, -0.2) is 52.7 Å². The van der Waals surface area contributed by atoms with Crippen molar-refractivity contribution < 1.29 is 18.3 Å². The zero-order chi connectivity index (χ0) is 23.3. The molecule has 0 atom stereocenters. The van der Waals surface area contributed by atoms with Gasteiger partial charge >= 0.3 is 0 Å². The van der Waals surface area contributed by atoms with Crippen LogP contribution in [0.3, 0.4) is 0 Å². The van der Waals surface area contributed by atoms with Crippen molar-refractivity contribution in [1.82, 2.24) is 15.0 Å². The molecule has 0 aliphatic carbocycles. The lowest BCUT2D eigenvalue weighted by Gasteiger charge is -2.36. The van der Waals surface area contributed by atoms with Gasteiger partial charge in [-0.25, -0.2) is 18.7 Å². The number of carbonyl (C=O) groups excluding carboxylic acids is 1. The molecule has 33 heavy (non-hydrogen) atoms. The maximum absolute atomic E-state index is 15.0. The minimum atomic E-state index is -1.47. The minimum Gasteiger partial charge on any atom is -0.370 e. The third kappa shape index (κ3) is 5.67. The summed E-state index contributed by atoms with van der Waals surface area (Å²) in [4.78, 5) is 28.1. The van der Waals surface area contributed by atoms with Gasteiger partial charge in [0.2, 0.25) is 0 Å². The summed E-state index contributed by atoms with van der Waals surface area (Å²) in [6, 6.07) is 12.4. The van der Waals surface area contributed by atoms with Gasteiger partial charge in [-0.2, -0.15) is 0 Å². The summed E-state index contributed by atoms with van der Waals surface area (Å²) in [5.74, 6) is 1.07. The minimum absolute atomic E-state index is 0.0738. The van der Waals surface area contributed by atoms with Crippen LogP contribution in [0.25, 0.3) is 0 Å². The Balaban J connectivity index is 1.54. The van der Waals surface area contributed by atoms with Crippen molar-refractivity contribution >= 4 is 28.9 Å². The van der Waals surface area contributed by atoms with Crippen LogP contribution in [-0.2, 0) is 9.53 Å². The van der Waals surface area contributed by atoms with E-state index in [0.29, 0.717) is 30.5 Å². The highest BCUT2D eigenvalue weighted by molar-refractivity contribution is 5.76. The summed E-state index contributed by atoms with van der Waals surface area (Å²) in [6.45, 7) is 2.13. The number of pyridine rings is 1. The molecule has 0 N–H and O–H groups in total. The third-order valence-electron chi connectivity index (χ3n) is 5.44. The quantitative estimate of drug-likeness (QED) is 0.501. The molecule has 172 valence electrons. The number of ether oxygens (including phenoxy) is 1. The first-order valence-corrected chi connectivity index (χ1v) is 10.7. The van der Waals surface area contributed by atoms with E-state index in [0.717, 1.165) is 11.9 Å². The number of carbonyl (C=O) groups is 1. The summed E-state index contributed by atoms with van der Waals surface area (Å²) < 4.78 is 33.7. The van der Waals surface area contributed by atoms with Crippen LogP contribution in [0.2, 0.25) is 0 Å². The van der Waals surface area contributed by atoms with Gasteiger partial charge < -0.3 is 9.64 Å². The van der Waals surface area contributed by atoms with Gasteiger partial charge in [0.15, 0.2) is 11.6 Å². The number of aromatic nitrogens is 3. The highest BCUT2D eigenvalue weighted by atomic mass is 19.1. The maximum atomic E-state index is 15.0. The average molecular weight is 453 g/mol. The molecule has 1 aliphatic heterocycles. The normalized spacial score (nSPS) is 15.3. The fraction of sp³-hybridized carbons (Fsp3) is 0.333. The molecular weight excluding hydrogens is 428 g/mol. The molecule has 9 heteroatoms. The zero-order valence-electron chi connectivity index (χ0n) is 18.3. The second-order valence-electron chi connectivity index (χ2n) is 8.07. The molecular formula is C24H25F2N5O2. The van der Waals surface area contributed by atoms with Crippen molar-refractivity contribution in [2.24, 2.45) is 0 Å². The van der Waals surface area contributed by atoms with Crippen LogP contribution in [0.1, 0.15) is 19.8 Å². The predicted octanol–water partition coefficient (Wildman–Crippen LogP) is 4.39. The summed E-state index contributed by atoms with van der Waals surface area (Å²) in [5, 5.41) is 0. The van der Waals surface area contributed by atoms with Gasteiger partial charge in [0, 0.05) is 31.6 Å². The standard InChI is InChI=1S/C24H25F2N5O2/c1-18(32)16-33-17-24(26)9-11-30(12-10-24)22-14-27-15-23(29-22)31(20-5-3-2-4-6-20)21-8-7-19(25)13-28-21/h2-8,13-15H,9-12,16-17H2,1H3. The van der Waals surface area contributed by atoms with Crippen molar-refractivity contribution in [3.63, 3.8) is 0 Å². The molecule has 3 heterocycles. The molecule has 2 aromatic heterocycles. The van der Waals surface area contributed by atoms with Crippen LogP contribution in [0, 0.1) is 5.82 Å². The molecule has 3 aromatic rings. The van der Waals surface area contributed by atoms with Crippen LogP contribution < -0.4 is 9.80 Å². The highest BCUT2D eigenvalue weighted by Crippen LogP contribution is 2.33. The molecule has 0 saturated carbocycles. The molecule has 0 spiro atoms. The first-order chi connectivity index (χ1) is 15.9. The highest BCUT2D eigenvalue weighted by Gasteiger charge is 2.35. The van der Waals surface area contributed by atoms with Crippen molar-refractivity contribution in [3.05, 3.63) is 66.9 Å². The molecule has 0 amide bonds. The number of hydrogen-bond donors (Lipinski definition) is 0. The fourth-order valence-corrected chi connectivity index (χ4v) is 3.72. The third-order valence-corrected chi connectivity index (χ3v) is 5.44. The number of rotatable bonds is 8. The molecule has 1 saturated heterocycles. The molecule has 0 bridgehead atoms. The maximum Gasteiger partial charge on any atom is 0.159 e. The second-order valence-corrected chi connectivity index (χ2v) is 8.07. The topological polar surface area (TPSA) is 71.5 Å². The SMILES string of the molecule is CC(=O)COCC1(F)CCN(c2cncc(N(c3ccccc3)c3ccc(F)cn3)n2)CC1. The Labute approximate surface area is 191 Å². The van der Waals surface area contributed by atoms with Crippen molar-refractivity contribution in [3.8, 4) is 0 Å². The number of alkyl halides is 1. The lowest BCUT2D eigenvalue weighted by Crippen LogP contribution is -2.45. The summed E-state index contributed by atoms with van der Waals surface area (Å²) >= 11 is 0. The predicted molar refractivity (Wildman–Crippen MR) is 121 cm³/mol. The van der Waals surface area contributed by atoms with Crippen LogP contribution in [0.15, 0.2) is 61.1 Å². The van der Waals surface area contributed by atoms with E-state index in [9.17, 15) is 9.18 Å². The van der Waals surface area contributed by atoms with Crippen molar-refractivity contribution in [1.29, 1.82) is 0 Å². The summed E-state index contributed by atoms with van der Waals surface area (Å²) in [6.07, 6.45) is 4.93. The number of benzene rings is 1. The first-order valence-electron chi connectivity index (χ1n) is 10.7. The fourth-order valence-electron chi connectivity index (χ4n) is 3.72. The van der Waals surface area contributed by atoms with Gasteiger partial charge in [-0.15, -0.1) is 0 Å². The summed E-state index contributed by atoms with van der Waals surface area (Å²) in [5.41, 5.74) is -0.669. The number of anilines is 4. The smallest absolute Gasteiger partial charge is 0.159 e. The van der Waals surface area contributed by atoms with Gasteiger partial charge in [0.25, 0.3) is 0 Å². The Morgan fingerprint density at radius 2 is 1.85 bits per heavy atom. The Hall–Kier alpha value is -3.46. The molecule has 0 unspecified atom stereocenters. The second kappa shape index (κ2) is 9.99. The molecule has 0 radical (unpaired) electrons. The monoisotopic (exact) mass is 453 g/mol. The number of ketones is 1.